The molecule has 1 amide bonds. The van der Waals surface area contributed by atoms with Crippen molar-refractivity contribution >= 4 is 36.2 Å². The first kappa shape index (κ1) is 24.8. The van der Waals surface area contributed by atoms with Crippen molar-refractivity contribution < 1.29 is 21.8 Å². The molecule has 3 aromatic rings. The Kier molecular flexibility index (Phi) is 9.62. The van der Waals surface area contributed by atoms with E-state index in [4.69, 9.17) is 18.6 Å². The fourth-order valence-corrected chi connectivity index (χ4v) is 4.26. The predicted octanol–water partition coefficient (Wildman–Crippen LogP) is 8.51. The fraction of sp³-hybridized carbons (Fsp3) is 0.222. The Morgan fingerprint density at radius 3 is 2.22 bits per heavy atom. The molecule has 0 saturated heterocycles. The van der Waals surface area contributed by atoms with Crippen LogP contribution in [0.4, 0.5) is 0 Å². The zero-order chi connectivity index (χ0) is 22.9. The van der Waals surface area contributed by atoms with Crippen LogP contribution in [0.25, 0.3) is 17.0 Å². The minimum absolute atomic E-state index is 0.0135. The molecule has 2 atom stereocenters. The van der Waals surface area contributed by atoms with Crippen molar-refractivity contribution in [2.75, 3.05) is 0 Å². The molecule has 32 heavy (non-hydrogen) atoms. The first-order valence-electron chi connectivity index (χ1n) is 10.7. The van der Waals surface area contributed by atoms with Crippen LogP contribution in [-0.2, 0) is 21.8 Å². The normalized spacial score (nSPS) is 15.0. The third kappa shape index (κ3) is 5.94. The summed E-state index contributed by atoms with van der Waals surface area (Å²) in [6, 6.07) is 27.4. The van der Waals surface area contributed by atoms with E-state index in [9.17, 15) is 4.79 Å². The van der Waals surface area contributed by atoms with Gasteiger partial charge < -0.3 is 10.1 Å². The molecule has 0 aliphatic heterocycles. The van der Waals surface area contributed by atoms with Crippen LogP contribution in [0.1, 0.15) is 66.5 Å². The Labute approximate surface area is 207 Å². The Morgan fingerprint density at radius 1 is 0.938 bits per heavy atom. The third-order valence-corrected chi connectivity index (χ3v) is 5.59. The maximum atomic E-state index is 12.2. The van der Waals surface area contributed by atoms with Gasteiger partial charge in [0.15, 0.2) is 0 Å². The average molecular weight is 499 g/mol. The van der Waals surface area contributed by atoms with Gasteiger partial charge in [-0.15, -0.1) is 0 Å². The second kappa shape index (κ2) is 12.4. The van der Waals surface area contributed by atoms with Crippen molar-refractivity contribution in [1.29, 1.82) is 0 Å². The van der Waals surface area contributed by atoms with Gasteiger partial charge in [0.1, 0.15) is 0 Å². The molecule has 0 spiro atoms. The van der Waals surface area contributed by atoms with Crippen LogP contribution in [0.2, 0.25) is 0 Å². The Bertz CT molecular complexity index is 1070. The number of benzene rings is 3. The van der Waals surface area contributed by atoms with Crippen LogP contribution >= 0.6 is 18.6 Å². The van der Waals surface area contributed by atoms with Crippen LogP contribution in [0.15, 0.2) is 78.9 Å². The van der Waals surface area contributed by atoms with E-state index in [0.717, 1.165) is 12.0 Å². The quantitative estimate of drug-likeness (QED) is 0.313. The topological polar surface area (TPSA) is 31.2 Å². The predicted molar refractivity (Wildman–Crippen MR) is 132 cm³/mol. The summed E-state index contributed by atoms with van der Waals surface area (Å²) in [6.45, 7) is 4.04. The van der Waals surface area contributed by atoms with E-state index in [0.29, 0.717) is 6.42 Å². The van der Waals surface area contributed by atoms with Crippen molar-refractivity contribution in [3.8, 4) is 0 Å². The van der Waals surface area contributed by atoms with E-state index in [-0.39, 0.29) is 17.9 Å². The maximum absolute atomic E-state index is 12.2. The SMILES string of the molecule is CCCC(=O)[N-]C(C)c1ccccc1C1C(c2ccccc2)=Cc2ccccc21.[Cl][Ti][Cl]. The minimum atomic E-state index is -0.556. The monoisotopic (exact) mass is 498 g/mol. The van der Waals surface area contributed by atoms with Gasteiger partial charge >= 0.3 is 35.6 Å². The van der Waals surface area contributed by atoms with Crippen LogP contribution in [0.5, 0.6) is 0 Å². The summed E-state index contributed by atoms with van der Waals surface area (Å²) < 4.78 is 0. The Hall–Kier alpha value is -1.84. The van der Waals surface area contributed by atoms with Gasteiger partial charge in [-0.3, -0.25) is 0 Å². The number of hydrogen-bond acceptors (Lipinski definition) is 1. The summed E-state index contributed by atoms with van der Waals surface area (Å²) >= 11 is -0.556. The number of rotatable bonds is 6. The molecule has 0 bridgehead atoms. The summed E-state index contributed by atoms with van der Waals surface area (Å²) in [7, 11) is 9.78. The summed E-state index contributed by atoms with van der Waals surface area (Å²) in [5.74, 6) is 0.129. The second-order valence-corrected chi connectivity index (χ2v) is 10.3. The van der Waals surface area contributed by atoms with Crippen molar-refractivity contribution in [3.63, 3.8) is 0 Å². The van der Waals surface area contributed by atoms with E-state index < -0.39 is 17.0 Å². The van der Waals surface area contributed by atoms with Crippen LogP contribution in [-0.4, -0.2) is 5.91 Å². The molecule has 0 aromatic heterocycles. The summed E-state index contributed by atoms with van der Waals surface area (Å²) in [5, 5.41) is 4.46. The first-order valence-corrected chi connectivity index (χ1v) is 15.0. The molecule has 0 saturated carbocycles. The van der Waals surface area contributed by atoms with Gasteiger partial charge in [-0.1, -0.05) is 111 Å². The van der Waals surface area contributed by atoms with Gasteiger partial charge in [-0.05, 0) is 40.3 Å². The zero-order valence-corrected chi connectivity index (χ0v) is 21.3. The van der Waals surface area contributed by atoms with Crippen LogP contribution in [0, 0.1) is 0 Å². The molecule has 1 aliphatic carbocycles. The number of allylic oxidation sites excluding steroid dienone is 1. The van der Waals surface area contributed by atoms with Crippen LogP contribution < -0.4 is 0 Å². The summed E-state index contributed by atoms with van der Waals surface area (Å²) in [4.78, 5) is 12.2. The zero-order valence-electron chi connectivity index (χ0n) is 18.3. The molecule has 4 rings (SSSR count). The van der Waals surface area contributed by atoms with Gasteiger partial charge in [-0.25, -0.2) is 0 Å². The second-order valence-electron chi connectivity index (χ2n) is 7.68. The molecule has 164 valence electrons. The van der Waals surface area contributed by atoms with Gasteiger partial charge in [0, 0.05) is 5.92 Å². The molecule has 3 aromatic carbocycles. The Balaban J connectivity index is 0.000000913. The molecular weight excluding hydrogens is 473 g/mol. The number of amides is 1. The van der Waals surface area contributed by atoms with Gasteiger partial charge in [-0.2, -0.15) is 0 Å². The van der Waals surface area contributed by atoms with E-state index in [1.54, 1.807) is 0 Å². The van der Waals surface area contributed by atoms with Crippen molar-refractivity contribution in [2.24, 2.45) is 0 Å². The number of carbonyl (C=O) groups is 1. The molecule has 0 N–H and O–H groups in total. The number of carbonyl (C=O) groups excluding carboxylic acids is 1. The van der Waals surface area contributed by atoms with Crippen LogP contribution in [0.3, 0.4) is 0 Å². The number of nitrogens with zero attached hydrogens (tertiary/aromatic N) is 1. The first-order chi connectivity index (χ1) is 15.6. The molecule has 0 heterocycles. The Morgan fingerprint density at radius 2 is 1.53 bits per heavy atom. The van der Waals surface area contributed by atoms with Gasteiger partial charge in [0.25, 0.3) is 0 Å². The van der Waals surface area contributed by atoms with Crippen molar-refractivity contribution in [1.82, 2.24) is 0 Å². The molecule has 1 aliphatic rings. The van der Waals surface area contributed by atoms with Crippen molar-refractivity contribution in [3.05, 3.63) is 112 Å². The van der Waals surface area contributed by atoms with Crippen molar-refractivity contribution in [2.45, 2.75) is 38.6 Å². The molecule has 2 unspecified atom stereocenters. The van der Waals surface area contributed by atoms with E-state index in [1.807, 2.05) is 19.9 Å². The molecule has 0 radical (unpaired) electrons. The van der Waals surface area contributed by atoms with Gasteiger partial charge in [0.05, 0.1) is 5.91 Å². The molecule has 5 heteroatoms. The number of hydrogen-bond donors (Lipinski definition) is 0. The molecule has 0 fully saturated rings. The molecule has 2 nitrogen and oxygen atoms in total. The fourth-order valence-electron chi connectivity index (χ4n) is 4.26. The standard InChI is InChI=1S/C27H27NO.2ClH.Ti/c1-3-11-26(29)28-19(2)22-15-9-10-17-24(22)27-23-16-8-7-14-21(23)18-25(27)20-12-5-4-6-13-20;;;/h4-10,12-19,27H,3,11H2,1-2H3,(H,28,29);2*1H;/q;;;+2/p-3. The van der Waals surface area contributed by atoms with E-state index in [1.165, 1.54) is 27.8 Å². The molecular formula is C27H26Cl2NOTi-. The van der Waals surface area contributed by atoms with E-state index >= 15 is 0 Å². The summed E-state index contributed by atoms with van der Waals surface area (Å²) in [5.41, 5.74) is 7.46. The van der Waals surface area contributed by atoms with E-state index in [2.05, 4.69) is 84.2 Å². The third-order valence-electron chi connectivity index (χ3n) is 5.59. The summed E-state index contributed by atoms with van der Waals surface area (Å²) in [6.07, 6.45) is 3.64. The number of halogens is 2. The number of fused-ring (bicyclic) bond motifs is 1. The average Bonchev–Trinajstić information content (AvgIpc) is 3.20. The van der Waals surface area contributed by atoms with Gasteiger partial charge in [0.2, 0.25) is 0 Å².